The summed E-state index contributed by atoms with van der Waals surface area (Å²) in [5.41, 5.74) is 1.58. The number of carbonyl (C=O) groups is 1. The summed E-state index contributed by atoms with van der Waals surface area (Å²) in [6.45, 7) is 5.33. The summed E-state index contributed by atoms with van der Waals surface area (Å²) in [7, 11) is 0. The highest BCUT2D eigenvalue weighted by Gasteiger charge is 2.23. The maximum atomic E-state index is 11.9. The van der Waals surface area contributed by atoms with Gasteiger partial charge in [-0.1, -0.05) is 12.1 Å². The van der Waals surface area contributed by atoms with Crippen molar-refractivity contribution in [3.05, 3.63) is 51.3 Å². The van der Waals surface area contributed by atoms with E-state index < -0.39 is 10.9 Å². The number of hydrogen-bond donors (Lipinski definition) is 0. The van der Waals surface area contributed by atoms with Gasteiger partial charge in [-0.25, -0.2) is 9.48 Å². The average Bonchev–Trinajstić information content (AvgIpc) is 2.74. The van der Waals surface area contributed by atoms with Crippen molar-refractivity contribution in [3.8, 4) is 5.69 Å². The van der Waals surface area contributed by atoms with Crippen LogP contribution in [-0.2, 0) is 4.74 Å². The summed E-state index contributed by atoms with van der Waals surface area (Å²) in [5, 5.41) is 15.3. The van der Waals surface area contributed by atoms with Crippen molar-refractivity contribution in [1.29, 1.82) is 0 Å². The van der Waals surface area contributed by atoms with Crippen LogP contribution in [0.4, 0.5) is 5.69 Å². The molecule has 2 aromatic rings. The Labute approximate surface area is 121 Å². The Kier molecular flexibility index (Phi) is 4.02. The summed E-state index contributed by atoms with van der Waals surface area (Å²) in [4.78, 5) is 22.6. The highest BCUT2D eigenvalue weighted by Crippen LogP contribution is 2.25. The van der Waals surface area contributed by atoms with Gasteiger partial charge in [-0.3, -0.25) is 10.1 Å². The zero-order valence-corrected chi connectivity index (χ0v) is 12.0. The molecule has 2 rings (SSSR count). The van der Waals surface area contributed by atoms with Gasteiger partial charge in [0, 0.05) is 6.07 Å². The molecular weight excluding hydrogens is 274 g/mol. The second-order valence-corrected chi connectivity index (χ2v) is 4.42. The Morgan fingerprint density at radius 1 is 1.38 bits per heavy atom. The minimum Gasteiger partial charge on any atom is -0.462 e. The smallest absolute Gasteiger partial charge is 0.341 e. The standard InChI is InChI=1S/C14H15N3O4/c1-4-21-14(18)13-9(2)15-16(10(13)3)11-7-5-6-8-12(11)17(19)20/h5-8H,4H2,1-3H3. The van der Waals surface area contributed by atoms with Crippen LogP contribution in [0, 0.1) is 24.0 Å². The first-order valence-corrected chi connectivity index (χ1v) is 6.44. The number of esters is 1. The number of carbonyl (C=O) groups excluding carboxylic acids is 1. The Morgan fingerprint density at radius 3 is 2.67 bits per heavy atom. The van der Waals surface area contributed by atoms with Gasteiger partial charge in [0.25, 0.3) is 5.69 Å². The molecule has 0 aliphatic carbocycles. The number of para-hydroxylation sites is 2. The van der Waals surface area contributed by atoms with Crippen LogP contribution in [-0.4, -0.2) is 27.3 Å². The van der Waals surface area contributed by atoms with Crippen LogP contribution < -0.4 is 0 Å². The lowest BCUT2D eigenvalue weighted by atomic mass is 10.2. The predicted molar refractivity (Wildman–Crippen MR) is 75.6 cm³/mol. The fourth-order valence-electron chi connectivity index (χ4n) is 2.17. The third-order valence-corrected chi connectivity index (χ3v) is 3.08. The second kappa shape index (κ2) is 5.74. The van der Waals surface area contributed by atoms with Gasteiger partial charge in [0.15, 0.2) is 0 Å². The third kappa shape index (κ3) is 2.62. The van der Waals surface area contributed by atoms with Crippen molar-refractivity contribution in [3.63, 3.8) is 0 Å². The summed E-state index contributed by atoms with van der Waals surface area (Å²) < 4.78 is 6.39. The maximum Gasteiger partial charge on any atom is 0.341 e. The van der Waals surface area contributed by atoms with Crippen molar-refractivity contribution in [1.82, 2.24) is 9.78 Å². The lowest BCUT2D eigenvalue weighted by Gasteiger charge is -2.06. The Morgan fingerprint density at radius 2 is 2.05 bits per heavy atom. The first kappa shape index (κ1) is 14.7. The van der Waals surface area contributed by atoms with Crippen LogP contribution in [0.3, 0.4) is 0 Å². The Hall–Kier alpha value is -2.70. The van der Waals surface area contributed by atoms with E-state index in [9.17, 15) is 14.9 Å². The number of rotatable bonds is 4. The van der Waals surface area contributed by atoms with Crippen LogP contribution >= 0.6 is 0 Å². The molecule has 1 heterocycles. The number of hydrogen-bond acceptors (Lipinski definition) is 5. The van der Waals surface area contributed by atoms with Gasteiger partial charge < -0.3 is 4.74 Å². The number of ether oxygens (including phenoxy) is 1. The van der Waals surface area contributed by atoms with E-state index in [4.69, 9.17) is 4.74 Å². The molecule has 110 valence electrons. The number of nitrogens with zero attached hydrogens (tertiary/aromatic N) is 3. The molecule has 0 aliphatic heterocycles. The minimum absolute atomic E-state index is 0.0708. The summed E-state index contributed by atoms with van der Waals surface area (Å²) in [6.07, 6.45) is 0. The summed E-state index contributed by atoms with van der Waals surface area (Å²) >= 11 is 0. The van der Waals surface area contributed by atoms with Crippen LogP contribution in [0.5, 0.6) is 0 Å². The molecule has 21 heavy (non-hydrogen) atoms. The molecule has 0 N–H and O–H groups in total. The van der Waals surface area contributed by atoms with Gasteiger partial charge in [0.2, 0.25) is 0 Å². The van der Waals surface area contributed by atoms with Gasteiger partial charge in [0.05, 0.1) is 22.9 Å². The zero-order valence-electron chi connectivity index (χ0n) is 12.0. The Balaban J connectivity index is 2.60. The lowest BCUT2D eigenvalue weighted by molar-refractivity contribution is -0.384. The van der Waals surface area contributed by atoms with E-state index >= 15 is 0 Å². The second-order valence-electron chi connectivity index (χ2n) is 4.42. The van der Waals surface area contributed by atoms with Gasteiger partial charge in [0.1, 0.15) is 11.3 Å². The predicted octanol–water partition coefficient (Wildman–Crippen LogP) is 2.57. The molecule has 1 aromatic heterocycles. The van der Waals surface area contributed by atoms with E-state index in [0.717, 1.165) is 0 Å². The van der Waals surface area contributed by atoms with Crippen molar-refractivity contribution in [2.24, 2.45) is 0 Å². The summed E-state index contributed by atoms with van der Waals surface area (Å²) in [6, 6.07) is 6.25. The maximum absolute atomic E-state index is 11.9. The third-order valence-electron chi connectivity index (χ3n) is 3.08. The Bertz CT molecular complexity index is 706. The van der Waals surface area contributed by atoms with Crippen LogP contribution in [0.25, 0.3) is 5.69 Å². The van der Waals surface area contributed by atoms with Crippen LogP contribution in [0.15, 0.2) is 24.3 Å². The molecule has 0 unspecified atom stereocenters. The van der Waals surface area contributed by atoms with Gasteiger partial charge in [-0.2, -0.15) is 5.10 Å². The van der Waals surface area contributed by atoms with E-state index in [-0.39, 0.29) is 12.3 Å². The number of nitro groups is 1. The monoisotopic (exact) mass is 289 g/mol. The molecule has 0 radical (unpaired) electrons. The SMILES string of the molecule is CCOC(=O)c1c(C)nn(-c2ccccc2[N+](=O)[O-])c1C. The first-order valence-electron chi connectivity index (χ1n) is 6.44. The molecule has 0 saturated carbocycles. The van der Waals surface area contributed by atoms with Crippen molar-refractivity contribution < 1.29 is 14.5 Å². The molecule has 7 heteroatoms. The molecular formula is C14H15N3O4. The molecule has 0 aliphatic rings. The quantitative estimate of drug-likeness (QED) is 0.490. The summed E-state index contributed by atoms with van der Waals surface area (Å²) in [5.74, 6) is -0.475. The van der Waals surface area contributed by atoms with E-state index in [0.29, 0.717) is 22.6 Å². The molecule has 0 saturated heterocycles. The fraction of sp³-hybridized carbons (Fsp3) is 0.286. The molecule has 1 aromatic carbocycles. The van der Waals surface area contributed by atoms with Gasteiger partial charge in [-0.15, -0.1) is 0 Å². The van der Waals surface area contributed by atoms with Gasteiger partial charge in [-0.05, 0) is 26.8 Å². The molecule has 0 fully saturated rings. The van der Waals surface area contributed by atoms with Crippen molar-refractivity contribution in [2.45, 2.75) is 20.8 Å². The van der Waals surface area contributed by atoms with Crippen molar-refractivity contribution in [2.75, 3.05) is 6.61 Å². The first-order chi connectivity index (χ1) is 9.97. The normalized spacial score (nSPS) is 10.4. The zero-order chi connectivity index (χ0) is 15.6. The highest BCUT2D eigenvalue weighted by molar-refractivity contribution is 5.92. The average molecular weight is 289 g/mol. The van der Waals surface area contributed by atoms with Crippen LogP contribution in [0.2, 0.25) is 0 Å². The van der Waals surface area contributed by atoms with Gasteiger partial charge >= 0.3 is 5.97 Å². The number of benzene rings is 1. The number of aromatic nitrogens is 2. The van der Waals surface area contributed by atoms with E-state index in [2.05, 4.69) is 5.10 Å². The molecule has 7 nitrogen and oxygen atoms in total. The molecule has 0 spiro atoms. The van der Waals surface area contributed by atoms with E-state index in [1.807, 2.05) is 0 Å². The van der Waals surface area contributed by atoms with E-state index in [1.54, 1.807) is 39.0 Å². The lowest BCUT2D eigenvalue weighted by Crippen LogP contribution is -2.08. The highest BCUT2D eigenvalue weighted by atomic mass is 16.6. The largest absolute Gasteiger partial charge is 0.462 e. The topological polar surface area (TPSA) is 87.3 Å². The van der Waals surface area contributed by atoms with Crippen LogP contribution in [0.1, 0.15) is 28.7 Å². The minimum atomic E-state index is -0.476. The number of aryl methyl sites for hydroxylation is 1. The molecule has 0 amide bonds. The van der Waals surface area contributed by atoms with Crippen molar-refractivity contribution >= 4 is 11.7 Å². The number of nitro benzene ring substituents is 1. The molecule has 0 bridgehead atoms. The molecule has 0 atom stereocenters. The van der Waals surface area contributed by atoms with E-state index in [1.165, 1.54) is 10.7 Å². The fourth-order valence-corrected chi connectivity index (χ4v) is 2.17.